The van der Waals surface area contributed by atoms with Crippen molar-refractivity contribution in [2.24, 2.45) is 0 Å². The van der Waals surface area contributed by atoms with Gasteiger partial charge in [0.05, 0.1) is 11.5 Å². The summed E-state index contributed by atoms with van der Waals surface area (Å²) in [6.07, 6.45) is 0.665. The highest BCUT2D eigenvalue weighted by Crippen LogP contribution is 2.28. The van der Waals surface area contributed by atoms with Gasteiger partial charge in [-0.05, 0) is 31.0 Å². The maximum atomic E-state index is 11.5. The fourth-order valence-corrected chi connectivity index (χ4v) is 4.27. The van der Waals surface area contributed by atoms with Crippen molar-refractivity contribution in [1.29, 1.82) is 0 Å². The quantitative estimate of drug-likeness (QED) is 0.846. The molecule has 1 saturated carbocycles. The van der Waals surface area contributed by atoms with Crippen LogP contribution in [-0.2, 0) is 16.4 Å². The Labute approximate surface area is 129 Å². The second-order valence-corrected chi connectivity index (χ2v) is 8.30. The van der Waals surface area contributed by atoms with Gasteiger partial charge in [-0.15, -0.1) is 0 Å². The number of benzene rings is 1. The van der Waals surface area contributed by atoms with E-state index >= 15 is 0 Å². The molecule has 1 heterocycles. The van der Waals surface area contributed by atoms with Gasteiger partial charge in [-0.2, -0.15) is 0 Å². The van der Waals surface area contributed by atoms with Gasteiger partial charge >= 0.3 is 0 Å². The van der Waals surface area contributed by atoms with Crippen molar-refractivity contribution in [3.8, 4) is 5.75 Å². The van der Waals surface area contributed by atoms with Gasteiger partial charge in [0.2, 0.25) is 0 Å². The second-order valence-electron chi connectivity index (χ2n) is 5.71. The highest BCUT2D eigenvalue weighted by Gasteiger charge is 2.38. The molecule has 1 saturated heterocycles. The molecular formula is C14H18ClNO4S. The number of ether oxygens (including phenoxy) is 1. The third-order valence-electron chi connectivity index (χ3n) is 3.73. The Morgan fingerprint density at radius 1 is 1.33 bits per heavy atom. The van der Waals surface area contributed by atoms with E-state index in [9.17, 15) is 13.5 Å². The van der Waals surface area contributed by atoms with Crippen LogP contribution in [0.25, 0.3) is 0 Å². The summed E-state index contributed by atoms with van der Waals surface area (Å²) in [5.41, 5.74) is 0.880. The predicted molar refractivity (Wildman–Crippen MR) is 80.4 cm³/mol. The summed E-state index contributed by atoms with van der Waals surface area (Å²) in [5.74, 6) is 0.196. The van der Waals surface area contributed by atoms with Crippen LogP contribution in [0.1, 0.15) is 18.4 Å². The van der Waals surface area contributed by atoms with Gasteiger partial charge in [0.15, 0.2) is 9.84 Å². The summed E-state index contributed by atoms with van der Waals surface area (Å²) in [4.78, 5) is 0. The SMILES string of the molecule is O=S1(=O)CC(O)C(Oc2ccc(Cl)cc2CNC2CC2)C1. The van der Waals surface area contributed by atoms with Gasteiger partial charge < -0.3 is 15.2 Å². The van der Waals surface area contributed by atoms with Gasteiger partial charge in [-0.25, -0.2) is 8.42 Å². The maximum absolute atomic E-state index is 11.5. The molecule has 3 rings (SSSR count). The molecule has 0 bridgehead atoms. The van der Waals surface area contributed by atoms with Crippen LogP contribution < -0.4 is 10.1 Å². The van der Waals surface area contributed by atoms with Gasteiger partial charge in [0.1, 0.15) is 18.0 Å². The molecule has 2 unspecified atom stereocenters. The first-order valence-corrected chi connectivity index (χ1v) is 9.20. The van der Waals surface area contributed by atoms with Crippen molar-refractivity contribution in [3.63, 3.8) is 0 Å². The Hall–Kier alpha value is -0.820. The first-order valence-electron chi connectivity index (χ1n) is 7.00. The topological polar surface area (TPSA) is 75.6 Å². The summed E-state index contributed by atoms with van der Waals surface area (Å²) in [6.45, 7) is 0.621. The van der Waals surface area contributed by atoms with E-state index in [1.54, 1.807) is 12.1 Å². The molecule has 0 amide bonds. The zero-order chi connectivity index (χ0) is 15.0. The monoisotopic (exact) mass is 331 g/mol. The lowest BCUT2D eigenvalue weighted by Gasteiger charge is -2.19. The van der Waals surface area contributed by atoms with Crippen LogP contribution in [0, 0.1) is 0 Å². The lowest BCUT2D eigenvalue weighted by Crippen LogP contribution is -2.30. The molecule has 2 aliphatic rings. The van der Waals surface area contributed by atoms with Crippen molar-refractivity contribution in [2.75, 3.05) is 11.5 Å². The summed E-state index contributed by atoms with van der Waals surface area (Å²) in [5, 5.41) is 13.8. The van der Waals surface area contributed by atoms with Crippen LogP contribution in [0.4, 0.5) is 0 Å². The first kappa shape index (κ1) is 15.1. The molecular weight excluding hydrogens is 314 g/mol. The van der Waals surface area contributed by atoms with Gasteiger partial charge in [0.25, 0.3) is 0 Å². The van der Waals surface area contributed by atoms with Crippen LogP contribution in [-0.4, -0.2) is 43.3 Å². The number of rotatable bonds is 5. The standard InChI is InChI=1S/C14H18ClNO4S/c15-10-1-4-13(9(5-10)6-16-11-2-3-11)20-14-8-21(18,19)7-12(14)17/h1,4-5,11-12,14,16-17H,2-3,6-8H2. The van der Waals surface area contributed by atoms with Crippen molar-refractivity contribution in [3.05, 3.63) is 28.8 Å². The van der Waals surface area contributed by atoms with E-state index in [2.05, 4.69) is 5.32 Å². The average Bonchev–Trinajstić information content (AvgIpc) is 3.17. The number of hydrogen-bond acceptors (Lipinski definition) is 5. The summed E-state index contributed by atoms with van der Waals surface area (Å²) in [6, 6.07) is 5.79. The number of sulfone groups is 1. The van der Waals surface area contributed by atoms with Crippen molar-refractivity contribution in [1.82, 2.24) is 5.32 Å². The van der Waals surface area contributed by atoms with E-state index in [4.69, 9.17) is 16.3 Å². The normalized spacial score (nSPS) is 27.7. The zero-order valence-electron chi connectivity index (χ0n) is 11.5. The van der Waals surface area contributed by atoms with Crippen LogP contribution in [0.2, 0.25) is 5.02 Å². The molecule has 2 fully saturated rings. The van der Waals surface area contributed by atoms with E-state index in [0.29, 0.717) is 23.4 Å². The molecule has 0 aromatic heterocycles. The van der Waals surface area contributed by atoms with Crippen LogP contribution in [0.15, 0.2) is 18.2 Å². The van der Waals surface area contributed by atoms with E-state index < -0.39 is 22.0 Å². The van der Waals surface area contributed by atoms with Crippen molar-refractivity contribution in [2.45, 2.75) is 37.6 Å². The largest absolute Gasteiger partial charge is 0.486 e. The minimum Gasteiger partial charge on any atom is -0.486 e. The highest BCUT2D eigenvalue weighted by molar-refractivity contribution is 7.91. The fourth-order valence-electron chi connectivity index (χ4n) is 2.42. The lowest BCUT2D eigenvalue weighted by atomic mass is 10.2. The number of aliphatic hydroxyl groups is 1. The van der Waals surface area contributed by atoms with Gasteiger partial charge in [-0.3, -0.25) is 0 Å². The second kappa shape index (κ2) is 5.76. The molecule has 116 valence electrons. The number of nitrogens with one attached hydrogen (secondary N) is 1. The van der Waals surface area contributed by atoms with E-state index in [1.165, 1.54) is 12.8 Å². The molecule has 0 spiro atoms. The Kier molecular flexibility index (Phi) is 4.14. The molecule has 1 aromatic rings. The van der Waals surface area contributed by atoms with Crippen LogP contribution >= 0.6 is 11.6 Å². The van der Waals surface area contributed by atoms with Crippen LogP contribution in [0.3, 0.4) is 0 Å². The lowest BCUT2D eigenvalue weighted by molar-refractivity contribution is 0.0730. The predicted octanol–water partition coefficient (Wildman–Crippen LogP) is 1.13. The Bertz CT molecular complexity index is 630. The minimum absolute atomic E-state index is 0.147. The highest BCUT2D eigenvalue weighted by atomic mass is 35.5. The molecule has 0 radical (unpaired) electrons. The molecule has 2 atom stereocenters. The van der Waals surface area contributed by atoms with Crippen molar-refractivity contribution >= 4 is 21.4 Å². The fraction of sp³-hybridized carbons (Fsp3) is 0.571. The molecule has 2 N–H and O–H groups in total. The van der Waals surface area contributed by atoms with E-state index in [0.717, 1.165) is 5.56 Å². The van der Waals surface area contributed by atoms with Crippen LogP contribution in [0.5, 0.6) is 5.75 Å². The van der Waals surface area contributed by atoms with E-state index in [-0.39, 0.29) is 11.5 Å². The molecule has 1 aliphatic heterocycles. The van der Waals surface area contributed by atoms with Gasteiger partial charge in [0, 0.05) is 23.2 Å². The number of hydrogen-bond donors (Lipinski definition) is 2. The van der Waals surface area contributed by atoms with E-state index in [1.807, 2.05) is 6.07 Å². The van der Waals surface area contributed by atoms with Gasteiger partial charge in [-0.1, -0.05) is 11.6 Å². The summed E-state index contributed by atoms with van der Waals surface area (Å²) >= 11 is 6.01. The number of halogens is 1. The molecule has 1 aliphatic carbocycles. The smallest absolute Gasteiger partial charge is 0.156 e. The zero-order valence-corrected chi connectivity index (χ0v) is 13.0. The maximum Gasteiger partial charge on any atom is 0.156 e. The molecule has 1 aromatic carbocycles. The Balaban J connectivity index is 1.74. The molecule has 21 heavy (non-hydrogen) atoms. The third-order valence-corrected chi connectivity index (χ3v) is 5.65. The van der Waals surface area contributed by atoms with Crippen molar-refractivity contribution < 1.29 is 18.3 Å². The first-order chi connectivity index (χ1) is 9.93. The molecule has 7 heteroatoms. The third kappa shape index (κ3) is 3.88. The Morgan fingerprint density at radius 3 is 2.71 bits per heavy atom. The molecule has 5 nitrogen and oxygen atoms in total. The summed E-state index contributed by atoms with van der Waals surface area (Å²) < 4.78 is 28.8. The summed E-state index contributed by atoms with van der Waals surface area (Å²) in [7, 11) is -3.22. The Morgan fingerprint density at radius 2 is 2.10 bits per heavy atom. The average molecular weight is 332 g/mol. The minimum atomic E-state index is -3.22. The number of aliphatic hydroxyl groups excluding tert-OH is 1.